The van der Waals surface area contributed by atoms with E-state index in [0.717, 1.165) is 0 Å². The second-order valence-electron chi connectivity index (χ2n) is 5.15. The van der Waals surface area contributed by atoms with Crippen molar-refractivity contribution >= 4 is 29.7 Å². The molecule has 1 aliphatic heterocycles. The van der Waals surface area contributed by atoms with Gasteiger partial charge in [0.1, 0.15) is 12.1 Å². The van der Waals surface area contributed by atoms with Crippen molar-refractivity contribution in [2.24, 2.45) is 5.92 Å². The summed E-state index contributed by atoms with van der Waals surface area (Å²) in [5, 5.41) is 11.6. The lowest BCUT2D eigenvalue weighted by atomic mass is 10.1. The van der Waals surface area contributed by atoms with Crippen LogP contribution >= 0.6 is 11.8 Å². The molecule has 2 N–H and O–H groups in total. The number of rotatable bonds is 5. The number of carbonyl (C=O) groups is 3. The molecule has 0 saturated carbocycles. The lowest BCUT2D eigenvalue weighted by Crippen LogP contribution is -2.55. The zero-order valence-electron chi connectivity index (χ0n) is 12.7. The van der Waals surface area contributed by atoms with Gasteiger partial charge in [-0.1, -0.05) is 20.8 Å². The van der Waals surface area contributed by atoms with Gasteiger partial charge in [0.15, 0.2) is 0 Å². The monoisotopic (exact) mass is 318 g/mol. The van der Waals surface area contributed by atoms with Crippen LogP contribution in [0, 0.1) is 5.92 Å². The molecule has 21 heavy (non-hydrogen) atoms. The van der Waals surface area contributed by atoms with Crippen LogP contribution in [-0.4, -0.2) is 58.3 Å². The highest BCUT2D eigenvalue weighted by Crippen LogP contribution is 2.31. The Morgan fingerprint density at radius 3 is 2.48 bits per heavy atom. The molecule has 1 fully saturated rings. The van der Waals surface area contributed by atoms with Gasteiger partial charge in [0.25, 0.3) is 0 Å². The number of aliphatic carboxylic acids is 1. The van der Waals surface area contributed by atoms with Gasteiger partial charge in [-0.3, -0.25) is 4.90 Å². The van der Waals surface area contributed by atoms with Gasteiger partial charge in [-0.2, -0.15) is 0 Å². The van der Waals surface area contributed by atoms with Crippen molar-refractivity contribution in [3.8, 4) is 0 Å². The van der Waals surface area contributed by atoms with Crippen LogP contribution in [-0.2, 0) is 14.3 Å². The summed E-state index contributed by atoms with van der Waals surface area (Å²) in [6, 6.07) is -2.20. The Morgan fingerprint density at radius 1 is 1.43 bits per heavy atom. The van der Waals surface area contributed by atoms with Gasteiger partial charge >= 0.3 is 18.0 Å². The Labute approximate surface area is 128 Å². The van der Waals surface area contributed by atoms with E-state index in [4.69, 9.17) is 0 Å². The van der Waals surface area contributed by atoms with Crippen LogP contribution in [0.2, 0.25) is 0 Å². The van der Waals surface area contributed by atoms with Crippen LogP contribution in [0.15, 0.2) is 0 Å². The Bertz CT molecular complexity index is 415. The first-order chi connectivity index (χ1) is 9.83. The minimum absolute atomic E-state index is 0.153. The first-order valence-corrected chi connectivity index (χ1v) is 7.89. The summed E-state index contributed by atoms with van der Waals surface area (Å²) < 4.78 is 4.67. The Morgan fingerprint density at radius 2 is 2.05 bits per heavy atom. The van der Waals surface area contributed by atoms with E-state index >= 15 is 0 Å². The number of nitrogens with one attached hydrogen (secondary N) is 1. The van der Waals surface area contributed by atoms with E-state index in [9.17, 15) is 19.5 Å². The molecule has 3 unspecified atom stereocenters. The molecule has 2 amide bonds. The fourth-order valence-electron chi connectivity index (χ4n) is 2.17. The molecule has 7 nitrogen and oxygen atoms in total. The van der Waals surface area contributed by atoms with Crippen LogP contribution in [0.1, 0.15) is 27.2 Å². The minimum atomic E-state index is -1.03. The first kappa shape index (κ1) is 17.6. The van der Waals surface area contributed by atoms with Crippen molar-refractivity contribution < 1.29 is 24.2 Å². The molecular weight excluding hydrogens is 296 g/mol. The summed E-state index contributed by atoms with van der Waals surface area (Å²) in [5.41, 5.74) is 0. The number of ether oxygens (including phenoxy) is 1. The fourth-order valence-corrected chi connectivity index (χ4v) is 3.52. The van der Waals surface area contributed by atoms with Gasteiger partial charge in [0.2, 0.25) is 0 Å². The standard InChI is InChI=1S/C13H22N2O5S/c1-5-9-15(8(6-21-9)11(16)17)13(19)14-10(7(2)3)12(18)20-4/h7-10H,5-6H2,1-4H3,(H,14,19)(H,16,17). The van der Waals surface area contributed by atoms with Crippen molar-refractivity contribution in [2.75, 3.05) is 12.9 Å². The number of carboxylic acid groups (broad SMARTS) is 1. The lowest BCUT2D eigenvalue weighted by molar-refractivity contribution is -0.144. The topological polar surface area (TPSA) is 95.9 Å². The number of carbonyl (C=O) groups excluding carboxylic acids is 2. The zero-order chi connectivity index (χ0) is 16.2. The Balaban J connectivity index is 2.88. The molecule has 8 heteroatoms. The molecule has 0 bridgehead atoms. The van der Waals surface area contributed by atoms with E-state index in [1.807, 2.05) is 6.92 Å². The molecule has 0 aliphatic carbocycles. The second-order valence-corrected chi connectivity index (χ2v) is 6.36. The molecule has 0 aromatic heterocycles. The number of thioether (sulfide) groups is 1. The van der Waals surface area contributed by atoms with Crippen molar-refractivity contribution in [3.05, 3.63) is 0 Å². The van der Waals surface area contributed by atoms with Crippen molar-refractivity contribution in [3.63, 3.8) is 0 Å². The highest BCUT2D eigenvalue weighted by Gasteiger charge is 2.42. The fraction of sp³-hybridized carbons (Fsp3) is 0.769. The summed E-state index contributed by atoms with van der Waals surface area (Å²) in [6.07, 6.45) is 0.645. The Kier molecular flexibility index (Phi) is 6.32. The molecular formula is C13H22N2O5S. The molecule has 0 aromatic carbocycles. The van der Waals surface area contributed by atoms with Gasteiger partial charge in [-0.05, 0) is 12.3 Å². The molecule has 1 heterocycles. The molecule has 3 atom stereocenters. The molecule has 120 valence electrons. The summed E-state index contributed by atoms with van der Waals surface area (Å²) in [4.78, 5) is 36.7. The van der Waals surface area contributed by atoms with Crippen molar-refractivity contribution in [2.45, 2.75) is 44.6 Å². The quantitative estimate of drug-likeness (QED) is 0.738. The predicted octanol–water partition coefficient (Wildman–Crippen LogP) is 1.13. The second kappa shape index (κ2) is 7.53. The van der Waals surface area contributed by atoms with E-state index in [2.05, 4.69) is 10.1 Å². The maximum absolute atomic E-state index is 12.4. The third-order valence-corrected chi connectivity index (χ3v) is 4.82. The highest BCUT2D eigenvalue weighted by atomic mass is 32.2. The maximum atomic E-state index is 12.4. The predicted molar refractivity (Wildman–Crippen MR) is 79.0 cm³/mol. The van der Waals surface area contributed by atoms with E-state index < -0.39 is 30.1 Å². The largest absolute Gasteiger partial charge is 0.480 e. The number of hydrogen-bond acceptors (Lipinski definition) is 5. The number of nitrogens with zero attached hydrogens (tertiary/aromatic N) is 1. The number of hydrogen-bond donors (Lipinski definition) is 2. The SMILES string of the molecule is CCC1SCC(C(=O)O)N1C(=O)NC(C(=O)OC)C(C)C. The smallest absolute Gasteiger partial charge is 0.328 e. The molecule has 0 spiro atoms. The first-order valence-electron chi connectivity index (χ1n) is 6.84. The van der Waals surface area contributed by atoms with Crippen molar-refractivity contribution in [1.29, 1.82) is 0 Å². The number of amides is 2. The van der Waals surface area contributed by atoms with E-state index in [1.54, 1.807) is 13.8 Å². The summed E-state index contributed by atoms with van der Waals surface area (Å²) in [5.74, 6) is -1.37. The lowest BCUT2D eigenvalue weighted by Gasteiger charge is -2.29. The summed E-state index contributed by atoms with van der Waals surface area (Å²) >= 11 is 1.43. The van der Waals surface area contributed by atoms with Crippen LogP contribution < -0.4 is 5.32 Å². The number of carboxylic acids is 1. The third kappa shape index (κ3) is 4.03. The average Bonchev–Trinajstić information content (AvgIpc) is 2.87. The van der Waals surface area contributed by atoms with E-state index in [0.29, 0.717) is 12.2 Å². The molecule has 0 aromatic rings. The van der Waals surface area contributed by atoms with Gasteiger partial charge in [-0.25, -0.2) is 14.4 Å². The summed E-state index contributed by atoms with van der Waals surface area (Å²) in [6.45, 7) is 5.46. The molecule has 0 radical (unpaired) electrons. The maximum Gasteiger partial charge on any atom is 0.328 e. The Hall–Kier alpha value is -1.44. The highest BCUT2D eigenvalue weighted by molar-refractivity contribution is 8.00. The minimum Gasteiger partial charge on any atom is -0.480 e. The van der Waals surface area contributed by atoms with Gasteiger partial charge < -0.3 is 15.2 Å². The summed E-state index contributed by atoms with van der Waals surface area (Å²) in [7, 11) is 1.25. The average molecular weight is 318 g/mol. The van der Waals surface area contributed by atoms with Crippen LogP contribution in [0.3, 0.4) is 0 Å². The van der Waals surface area contributed by atoms with Gasteiger partial charge in [-0.15, -0.1) is 11.8 Å². The normalized spacial score (nSPS) is 23.0. The third-order valence-electron chi connectivity index (χ3n) is 3.36. The van der Waals surface area contributed by atoms with E-state index in [1.165, 1.54) is 23.8 Å². The molecule has 1 saturated heterocycles. The van der Waals surface area contributed by atoms with E-state index in [-0.39, 0.29) is 11.3 Å². The molecule has 1 rings (SSSR count). The van der Waals surface area contributed by atoms with Gasteiger partial charge in [0, 0.05) is 5.75 Å². The van der Waals surface area contributed by atoms with Crippen molar-refractivity contribution in [1.82, 2.24) is 10.2 Å². The van der Waals surface area contributed by atoms with Crippen LogP contribution in [0.25, 0.3) is 0 Å². The number of urea groups is 1. The number of methoxy groups -OCH3 is 1. The van der Waals surface area contributed by atoms with Gasteiger partial charge in [0.05, 0.1) is 12.5 Å². The van der Waals surface area contributed by atoms with Crippen LogP contribution in [0.5, 0.6) is 0 Å². The molecule has 1 aliphatic rings. The number of esters is 1. The zero-order valence-corrected chi connectivity index (χ0v) is 13.5. The van der Waals surface area contributed by atoms with Crippen LogP contribution in [0.4, 0.5) is 4.79 Å².